The first-order valence-electron chi connectivity index (χ1n) is 10.3. The maximum atomic E-state index is 12.5. The van der Waals surface area contributed by atoms with Crippen molar-refractivity contribution in [2.75, 3.05) is 34.4 Å². The summed E-state index contributed by atoms with van der Waals surface area (Å²) in [6, 6.07) is 6.46. The van der Waals surface area contributed by atoms with Crippen molar-refractivity contribution < 1.29 is 28.5 Å². The lowest BCUT2D eigenvalue weighted by molar-refractivity contribution is -0.140. The number of methoxy groups -OCH3 is 3. The third kappa shape index (κ3) is 5.38. The zero-order valence-corrected chi connectivity index (χ0v) is 18.2. The van der Waals surface area contributed by atoms with Crippen LogP contribution in [0, 0.1) is 0 Å². The molecule has 1 fully saturated rings. The van der Waals surface area contributed by atoms with Crippen LogP contribution >= 0.6 is 0 Å². The molecule has 0 bridgehead atoms. The van der Waals surface area contributed by atoms with Crippen molar-refractivity contribution >= 4 is 5.97 Å². The third-order valence-electron chi connectivity index (χ3n) is 5.55. The Balaban J connectivity index is 2.04. The summed E-state index contributed by atoms with van der Waals surface area (Å²) in [5.74, 6) is -0.267. The van der Waals surface area contributed by atoms with Crippen LogP contribution in [0.15, 0.2) is 33.5 Å². The van der Waals surface area contributed by atoms with Crippen LogP contribution in [0.1, 0.15) is 48.7 Å². The summed E-state index contributed by atoms with van der Waals surface area (Å²) in [5, 5.41) is 10.5. The van der Waals surface area contributed by atoms with Gasteiger partial charge in [-0.3, -0.25) is 14.5 Å². The Morgan fingerprint density at radius 3 is 2.45 bits per heavy atom. The monoisotopic (exact) mass is 431 g/mol. The van der Waals surface area contributed by atoms with Gasteiger partial charge in [-0.05, 0) is 43.6 Å². The Morgan fingerprint density at radius 2 is 1.81 bits per heavy atom. The Labute approximate surface area is 181 Å². The highest BCUT2D eigenvalue weighted by Crippen LogP contribution is 2.37. The van der Waals surface area contributed by atoms with Crippen molar-refractivity contribution in [2.45, 2.75) is 38.1 Å². The molecule has 1 N–H and O–H groups in total. The molecule has 8 nitrogen and oxygen atoms in total. The molecule has 2 heterocycles. The van der Waals surface area contributed by atoms with Gasteiger partial charge in [0.05, 0.1) is 40.2 Å². The molecule has 3 rings (SSSR count). The highest BCUT2D eigenvalue weighted by Gasteiger charge is 2.28. The van der Waals surface area contributed by atoms with Crippen LogP contribution in [0.4, 0.5) is 0 Å². The molecule has 0 spiro atoms. The zero-order chi connectivity index (χ0) is 22.4. The van der Waals surface area contributed by atoms with Gasteiger partial charge in [0.2, 0.25) is 11.2 Å². The number of likely N-dealkylation sites (tertiary alicyclic amines) is 1. The van der Waals surface area contributed by atoms with Crippen molar-refractivity contribution in [1.82, 2.24) is 4.90 Å². The lowest BCUT2D eigenvalue weighted by Gasteiger charge is -2.26. The summed E-state index contributed by atoms with van der Waals surface area (Å²) < 4.78 is 21.5. The van der Waals surface area contributed by atoms with Gasteiger partial charge >= 0.3 is 5.97 Å². The minimum Gasteiger partial charge on any atom is -0.502 e. The molecule has 1 aromatic heterocycles. The van der Waals surface area contributed by atoms with Gasteiger partial charge in [-0.15, -0.1) is 0 Å². The van der Waals surface area contributed by atoms with E-state index in [0.717, 1.165) is 25.9 Å². The molecule has 0 aliphatic carbocycles. The summed E-state index contributed by atoms with van der Waals surface area (Å²) in [5.41, 5.74) is 0.0835. The number of rotatable bonds is 8. The van der Waals surface area contributed by atoms with Crippen LogP contribution < -0.4 is 14.9 Å². The van der Waals surface area contributed by atoms with Crippen LogP contribution in [0.25, 0.3) is 0 Å². The minimum absolute atomic E-state index is 0.0390. The number of piperidine rings is 1. The fourth-order valence-corrected chi connectivity index (χ4v) is 3.89. The first-order valence-corrected chi connectivity index (χ1v) is 10.3. The Bertz CT molecular complexity index is 963. The van der Waals surface area contributed by atoms with Crippen LogP contribution in [0.3, 0.4) is 0 Å². The number of esters is 1. The zero-order valence-electron chi connectivity index (χ0n) is 18.2. The summed E-state index contributed by atoms with van der Waals surface area (Å²) in [6.45, 7) is 2.34. The molecule has 31 heavy (non-hydrogen) atoms. The van der Waals surface area contributed by atoms with Gasteiger partial charge in [-0.1, -0.05) is 12.5 Å². The first-order chi connectivity index (χ1) is 15.0. The van der Waals surface area contributed by atoms with Gasteiger partial charge in [0.1, 0.15) is 5.76 Å². The predicted octanol–water partition coefficient (Wildman–Crippen LogP) is 3.04. The Morgan fingerprint density at radius 1 is 1.10 bits per heavy atom. The molecular formula is C23H29NO7. The van der Waals surface area contributed by atoms with Crippen molar-refractivity contribution in [3.8, 4) is 17.2 Å². The maximum Gasteiger partial charge on any atom is 0.306 e. The van der Waals surface area contributed by atoms with Crippen molar-refractivity contribution in [3.05, 3.63) is 51.6 Å². The van der Waals surface area contributed by atoms with E-state index in [1.54, 1.807) is 18.2 Å². The largest absolute Gasteiger partial charge is 0.502 e. The number of hydrogen-bond acceptors (Lipinski definition) is 8. The normalized spacial score (nSPS) is 15.3. The van der Waals surface area contributed by atoms with E-state index in [0.29, 0.717) is 29.4 Å². The van der Waals surface area contributed by atoms with Crippen LogP contribution in [0.5, 0.6) is 17.2 Å². The fourth-order valence-electron chi connectivity index (χ4n) is 3.89. The number of benzene rings is 1. The van der Waals surface area contributed by atoms with Crippen molar-refractivity contribution in [2.24, 2.45) is 0 Å². The number of aromatic hydroxyl groups is 1. The quantitative estimate of drug-likeness (QED) is 0.637. The summed E-state index contributed by atoms with van der Waals surface area (Å²) >= 11 is 0. The molecule has 0 radical (unpaired) electrons. The van der Waals surface area contributed by atoms with E-state index < -0.39 is 23.1 Å². The summed E-state index contributed by atoms with van der Waals surface area (Å²) in [6.07, 6.45) is 3.29. The van der Waals surface area contributed by atoms with Gasteiger partial charge in [0.15, 0.2) is 17.3 Å². The fraction of sp³-hybridized carbons (Fsp3) is 0.478. The molecule has 1 saturated heterocycles. The SMILES string of the molecule is COC(=O)C[C@@H](c1ccc(OC)c(OC)c1)c1oc(CN2CCCCC2)cc(=O)c1O. The number of ether oxygens (including phenoxy) is 3. The topological polar surface area (TPSA) is 98.4 Å². The predicted molar refractivity (Wildman–Crippen MR) is 114 cm³/mol. The van der Waals surface area contributed by atoms with Crippen LogP contribution in [-0.2, 0) is 16.1 Å². The summed E-state index contributed by atoms with van der Waals surface area (Å²) in [7, 11) is 4.32. The van der Waals surface area contributed by atoms with E-state index in [4.69, 9.17) is 18.6 Å². The second kappa shape index (κ2) is 10.3. The average molecular weight is 431 g/mol. The number of nitrogens with zero attached hydrogens (tertiary/aromatic N) is 1. The van der Waals surface area contributed by atoms with Gasteiger partial charge in [0.25, 0.3) is 0 Å². The number of hydrogen-bond donors (Lipinski definition) is 1. The van der Waals surface area contributed by atoms with Gasteiger partial charge in [-0.25, -0.2) is 0 Å². The van der Waals surface area contributed by atoms with Crippen molar-refractivity contribution in [3.63, 3.8) is 0 Å². The standard InChI is InChI=1S/C23H29NO7/c1-28-19-8-7-15(11-20(19)29-2)17(13-21(26)30-3)23-22(27)18(25)12-16(31-23)14-24-9-5-4-6-10-24/h7-8,11-12,17,27H,4-6,9-10,13-14H2,1-3H3/t17-/m0/s1. The number of carbonyl (C=O) groups is 1. The molecular weight excluding hydrogens is 402 g/mol. The van der Waals surface area contributed by atoms with E-state index in [9.17, 15) is 14.7 Å². The second-order valence-electron chi connectivity index (χ2n) is 7.57. The molecule has 1 aromatic carbocycles. The molecule has 1 aliphatic rings. The minimum atomic E-state index is -0.735. The van der Waals surface area contributed by atoms with Gasteiger partial charge in [0, 0.05) is 6.07 Å². The first kappa shape index (κ1) is 22.7. The van der Waals surface area contributed by atoms with E-state index >= 15 is 0 Å². The lowest BCUT2D eigenvalue weighted by atomic mass is 9.91. The maximum absolute atomic E-state index is 12.5. The molecule has 0 unspecified atom stereocenters. The Kier molecular flexibility index (Phi) is 7.57. The third-order valence-corrected chi connectivity index (χ3v) is 5.55. The van der Waals surface area contributed by atoms with Crippen LogP contribution in [0.2, 0.25) is 0 Å². The molecule has 1 atom stereocenters. The molecule has 0 amide bonds. The van der Waals surface area contributed by atoms with E-state index in [1.165, 1.54) is 33.8 Å². The van der Waals surface area contributed by atoms with E-state index in [1.807, 2.05) is 0 Å². The molecule has 168 valence electrons. The molecule has 0 saturated carbocycles. The number of carbonyl (C=O) groups excluding carboxylic acids is 1. The smallest absolute Gasteiger partial charge is 0.306 e. The molecule has 8 heteroatoms. The van der Waals surface area contributed by atoms with Gasteiger partial charge < -0.3 is 23.7 Å². The average Bonchev–Trinajstić information content (AvgIpc) is 2.80. The van der Waals surface area contributed by atoms with E-state index in [-0.39, 0.29) is 12.2 Å². The highest BCUT2D eigenvalue weighted by atomic mass is 16.5. The van der Waals surface area contributed by atoms with Crippen molar-refractivity contribution in [1.29, 1.82) is 0 Å². The van der Waals surface area contributed by atoms with Gasteiger partial charge in [-0.2, -0.15) is 0 Å². The Hall–Kier alpha value is -3.00. The highest BCUT2D eigenvalue weighted by molar-refractivity contribution is 5.71. The van der Waals surface area contributed by atoms with Crippen LogP contribution in [-0.4, -0.2) is 50.4 Å². The summed E-state index contributed by atoms with van der Waals surface area (Å²) in [4.78, 5) is 26.9. The van der Waals surface area contributed by atoms with E-state index in [2.05, 4.69) is 4.90 Å². The molecule has 1 aliphatic heterocycles. The lowest BCUT2D eigenvalue weighted by Crippen LogP contribution is -2.29. The second-order valence-corrected chi connectivity index (χ2v) is 7.57. The molecule has 2 aromatic rings.